The van der Waals surface area contributed by atoms with Gasteiger partial charge in [0.05, 0.1) is 5.41 Å². The van der Waals surface area contributed by atoms with Crippen molar-refractivity contribution < 1.29 is 9.59 Å². The first-order chi connectivity index (χ1) is 9.72. The predicted molar refractivity (Wildman–Crippen MR) is 83.3 cm³/mol. The van der Waals surface area contributed by atoms with Crippen molar-refractivity contribution in [3.63, 3.8) is 0 Å². The molecule has 6 heteroatoms. The quantitative estimate of drug-likeness (QED) is 0.872. The second-order valence-electron chi connectivity index (χ2n) is 6.08. The molecule has 2 amide bonds. The lowest BCUT2D eigenvalue weighted by atomic mass is 9.92. The number of hydrogen-bond acceptors (Lipinski definition) is 2. The zero-order valence-corrected chi connectivity index (χ0v) is 13.5. The predicted octanol–water partition coefficient (Wildman–Crippen LogP) is 2.72. The number of nitrogens with one attached hydrogen (secondary N) is 1. The van der Waals surface area contributed by atoms with Crippen LogP contribution in [0.3, 0.4) is 0 Å². The van der Waals surface area contributed by atoms with Gasteiger partial charge < -0.3 is 11.1 Å². The minimum Gasteiger partial charge on any atom is -0.369 e. The summed E-state index contributed by atoms with van der Waals surface area (Å²) in [6.45, 7) is 3.64. The molecule has 0 saturated heterocycles. The van der Waals surface area contributed by atoms with Crippen LogP contribution < -0.4 is 11.1 Å². The maximum Gasteiger partial charge on any atom is 0.224 e. The van der Waals surface area contributed by atoms with Crippen LogP contribution in [0.2, 0.25) is 10.0 Å². The standard InChI is InChI=1S/C15H18Cl2N2O2/c1-15(2,14(18)21)7-19-13(20)11-6-10(11)9-4-3-8(16)5-12(9)17/h3-5,10-11H,6-7H2,1-2H3,(H2,18,21)(H,19,20)/t10-,11-/m0/s1. The first kappa shape index (κ1) is 16.1. The topological polar surface area (TPSA) is 72.2 Å². The summed E-state index contributed by atoms with van der Waals surface area (Å²) in [7, 11) is 0. The Bertz CT molecular complexity index is 587. The number of rotatable bonds is 5. The van der Waals surface area contributed by atoms with Crippen molar-refractivity contribution in [2.45, 2.75) is 26.2 Å². The van der Waals surface area contributed by atoms with Gasteiger partial charge >= 0.3 is 0 Å². The molecule has 114 valence electrons. The van der Waals surface area contributed by atoms with E-state index in [0.717, 1.165) is 12.0 Å². The normalized spacial score (nSPS) is 21.0. The van der Waals surface area contributed by atoms with Crippen molar-refractivity contribution in [1.29, 1.82) is 0 Å². The minimum atomic E-state index is -0.752. The highest BCUT2D eigenvalue weighted by Crippen LogP contribution is 2.50. The van der Waals surface area contributed by atoms with E-state index in [1.54, 1.807) is 26.0 Å². The van der Waals surface area contributed by atoms with Gasteiger partial charge in [0, 0.05) is 22.5 Å². The van der Waals surface area contributed by atoms with Crippen LogP contribution in [0.4, 0.5) is 0 Å². The van der Waals surface area contributed by atoms with E-state index in [-0.39, 0.29) is 24.3 Å². The number of carbonyl (C=O) groups excluding carboxylic acids is 2. The molecule has 0 bridgehead atoms. The highest BCUT2D eigenvalue weighted by atomic mass is 35.5. The van der Waals surface area contributed by atoms with Crippen LogP contribution in [0, 0.1) is 11.3 Å². The van der Waals surface area contributed by atoms with E-state index in [1.807, 2.05) is 6.07 Å². The fourth-order valence-corrected chi connectivity index (χ4v) is 2.71. The van der Waals surface area contributed by atoms with Gasteiger partial charge in [-0.3, -0.25) is 9.59 Å². The lowest BCUT2D eigenvalue weighted by Crippen LogP contribution is -2.42. The highest BCUT2D eigenvalue weighted by Gasteiger charge is 2.45. The molecule has 2 rings (SSSR count). The maximum atomic E-state index is 12.1. The summed E-state index contributed by atoms with van der Waals surface area (Å²) in [6, 6.07) is 5.31. The molecule has 1 aromatic rings. The Morgan fingerprint density at radius 3 is 2.62 bits per heavy atom. The lowest BCUT2D eigenvalue weighted by molar-refractivity contribution is -0.127. The van der Waals surface area contributed by atoms with Crippen LogP contribution >= 0.6 is 23.2 Å². The minimum absolute atomic E-state index is 0.0691. The number of hydrogen-bond donors (Lipinski definition) is 2. The van der Waals surface area contributed by atoms with Crippen LogP contribution in [-0.2, 0) is 9.59 Å². The number of carbonyl (C=O) groups is 2. The molecule has 1 saturated carbocycles. The second-order valence-corrected chi connectivity index (χ2v) is 6.92. The molecule has 4 nitrogen and oxygen atoms in total. The number of halogens is 2. The molecular weight excluding hydrogens is 311 g/mol. The van der Waals surface area contributed by atoms with Gasteiger partial charge in [-0.1, -0.05) is 29.3 Å². The molecule has 1 aliphatic rings. The van der Waals surface area contributed by atoms with Gasteiger partial charge in [0.2, 0.25) is 11.8 Å². The molecule has 0 aliphatic heterocycles. The maximum absolute atomic E-state index is 12.1. The molecule has 3 N–H and O–H groups in total. The largest absolute Gasteiger partial charge is 0.369 e. The average Bonchev–Trinajstić information content (AvgIpc) is 3.16. The molecule has 0 spiro atoms. The summed E-state index contributed by atoms with van der Waals surface area (Å²) < 4.78 is 0. The van der Waals surface area contributed by atoms with Crippen LogP contribution in [-0.4, -0.2) is 18.4 Å². The Kier molecular flexibility index (Phi) is 4.49. The molecule has 0 aromatic heterocycles. The van der Waals surface area contributed by atoms with Crippen molar-refractivity contribution >= 4 is 35.0 Å². The fraction of sp³-hybridized carbons (Fsp3) is 0.467. The third kappa shape index (κ3) is 3.69. The Morgan fingerprint density at radius 2 is 2.05 bits per heavy atom. The third-order valence-electron chi connectivity index (χ3n) is 3.86. The van der Waals surface area contributed by atoms with Crippen LogP contribution in [0.5, 0.6) is 0 Å². The van der Waals surface area contributed by atoms with Gasteiger partial charge in [-0.25, -0.2) is 0 Å². The van der Waals surface area contributed by atoms with E-state index in [4.69, 9.17) is 28.9 Å². The molecule has 1 aliphatic carbocycles. The molecule has 1 aromatic carbocycles. The summed E-state index contributed by atoms with van der Waals surface area (Å²) in [5, 5.41) is 3.95. The SMILES string of the molecule is CC(C)(CNC(=O)[C@H]1C[C@H]1c1ccc(Cl)cc1Cl)C(N)=O. The summed E-state index contributed by atoms with van der Waals surface area (Å²) in [5.74, 6) is -0.491. The van der Waals surface area contributed by atoms with Crippen molar-refractivity contribution in [1.82, 2.24) is 5.32 Å². The van der Waals surface area contributed by atoms with Gasteiger partial charge in [-0.15, -0.1) is 0 Å². The van der Waals surface area contributed by atoms with Gasteiger partial charge in [0.15, 0.2) is 0 Å². The number of benzene rings is 1. The van der Waals surface area contributed by atoms with Gasteiger partial charge in [-0.05, 0) is 43.9 Å². The van der Waals surface area contributed by atoms with Crippen molar-refractivity contribution in [2.75, 3.05) is 6.54 Å². The van der Waals surface area contributed by atoms with E-state index < -0.39 is 11.3 Å². The Morgan fingerprint density at radius 1 is 1.38 bits per heavy atom. The summed E-state index contributed by atoms with van der Waals surface area (Å²) >= 11 is 12.0. The first-order valence-electron chi connectivity index (χ1n) is 6.75. The number of amides is 2. The number of nitrogens with two attached hydrogens (primary N) is 1. The van der Waals surface area contributed by atoms with E-state index in [0.29, 0.717) is 10.0 Å². The van der Waals surface area contributed by atoms with Gasteiger partial charge in [0.25, 0.3) is 0 Å². The van der Waals surface area contributed by atoms with Crippen LogP contribution in [0.25, 0.3) is 0 Å². The van der Waals surface area contributed by atoms with Gasteiger partial charge in [-0.2, -0.15) is 0 Å². The Hall–Kier alpha value is -1.26. The fourth-order valence-electron chi connectivity index (χ4n) is 2.16. The van der Waals surface area contributed by atoms with Crippen molar-refractivity contribution in [2.24, 2.45) is 17.1 Å². The zero-order chi connectivity index (χ0) is 15.8. The van der Waals surface area contributed by atoms with Gasteiger partial charge in [0.1, 0.15) is 0 Å². The molecule has 1 fully saturated rings. The highest BCUT2D eigenvalue weighted by molar-refractivity contribution is 6.35. The smallest absolute Gasteiger partial charge is 0.224 e. The van der Waals surface area contributed by atoms with Crippen molar-refractivity contribution in [3.05, 3.63) is 33.8 Å². The van der Waals surface area contributed by atoms with E-state index >= 15 is 0 Å². The summed E-state index contributed by atoms with van der Waals surface area (Å²) in [6.07, 6.45) is 0.754. The molecule has 21 heavy (non-hydrogen) atoms. The molecular formula is C15H18Cl2N2O2. The molecule has 2 atom stereocenters. The van der Waals surface area contributed by atoms with Crippen LogP contribution in [0.1, 0.15) is 31.7 Å². The van der Waals surface area contributed by atoms with E-state index in [2.05, 4.69) is 5.32 Å². The van der Waals surface area contributed by atoms with Crippen LogP contribution in [0.15, 0.2) is 18.2 Å². The molecule has 0 unspecified atom stereocenters. The monoisotopic (exact) mass is 328 g/mol. The van der Waals surface area contributed by atoms with E-state index in [1.165, 1.54) is 0 Å². The van der Waals surface area contributed by atoms with E-state index in [9.17, 15) is 9.59 Å². The zero-order valence-electron chi connectivity index (χ0n) is 12.0. The number of primary amides is 1. The average molecular weight is 329 g/mol. The molecule has 0 radical (unpaired) electrons. The Labute approximate surface area is 134 Å². The summed E-state index contributed by atoms with van der Waals surface area (Å²) in [4.78, 5) is 23.3. The second kappa shape index (κ2) is 5.85. The first-order valence-corrected chi connectivity index (χ1v) is 7.50. The molecule has 0 heterocycles. The van der Waals surface area contributed by atoms with Crippen molar-refractivity contribution in [3.8, 4) is 0 Å². The summed E-state index contributed by atoms with van der Waals surface area (Å²) in [5.41, 5.74) is 5.47. The third-order valence-corrected chi connectivity index (χ3v) is 4.42. The lowest BCUT2D eigenvalue weighted by Gasteiger charge is -2.20. The Balaban J connectivity index is 1.94.